The Morgan fingerprint density at radius 2 is 1.90 bits per heavy atom. The number of benzene rings is 1. The van der Waals surface area contributed by atoms with Crippen molar-refractivity contribution < 1.29 is 9.53 Å². The molecule has 0 radical (unpaired) electrons. The molecule has 0 atom stereocenters. The molecule has 2 rings (SSSR count). The number of amides is 1. The molecule has 0 spiro atoms. The summed E-state index contributed by atoms with van der Waals surface area (Å²) >= 11 is 0. The second kappa shape index (κ2) is 5.34. The van der Waals surface area contributed by atoms with Crippen LogP contribution in [0.5, 0.6) is 5.75 Å². The van der Waals surface area contributed by atoms with E-state index in [4.69, 9.17) is 10.5 Å². The molecule has 1 aliphatic rings. The first kappa shape index (κ1) is 15.8. The second-order valence-corrected chi connectivity index (χ2v) is 7.15. The lowest BCUT2D eigenvalue weighted by Crippen LogP contribution is -2.76. The van der Waals surface area contributed by atoms with Gasteiger partial charge in [-0.05, 0) is 17.7 Å². The van der Waals surface area contributed by atoms with Crippen molar-refractivity contribution >= 4 is 5.91 Å². The number of nitrogens with two attached hydrogens (primary N) is 1. The Morgan fingerprint density at radius 3 is 2.48 bits per heavy atom. The molecule has 1 aromatic carbocycles. The summed E-state index contributed by atoms with van der Waals surface area (Å²) in [6, 6.07) is 7.78. The molecule has 1 aliphatic carbocycles. The molecule has 0 heterocycles. The van der Waals surface area contributed by atoms with Crippen LogP contribution in [0, 0.1) is 10.8 Å². The molecule has 1 fully saturated rings. The van der Waals surface area contributed by atoms with Gasteiger partial charge in [0.15, 0.2) is 0 Å². The second-order valence-electron chi connectivity index (χ2n) is 7.15. The predicted molar refractivity (Wildman–Crippen MR) is 84.2 cm³/mol. The van der Waals surface area contributed by atoms with Crippen molar-refractivity contribution in [2.45, 2.75) is 46.2 Å². The van der Waals surface area contributed by atoms with Gasteiger partial charge in [0.25, 0.3) is 0 Å². The van der Waals surface area contributed by atoms with E-state index in [1.54, 1.807) is 7.11 Å². The van der Waals surface area contributed by atoms with Crippen LogP contribution < -0.4 is 15.8 Å². The van der Waals surface area contributed by atoms with Gasteiger partial charge in [0.1, 0.15) is 5.75 Å². The van der Waals surface area contributed by atoms with E-state index in [9.17, 15) is 4.79 Å². The van der Waals surface area contributed by atoms with E-state index in [2.05, 4.69) is 33.0 Å². The third kappa shape index (κ3) is 2.77. The van der Waals surface area contributed by atoms with E-state index < -0.39 is 0 Å². The van der Waals surface area contributed by atoms with E-state index >= 15 is 0 Å². The molecule has 1 amide bonds. The smallest absolute Gasteiger partial charge is 0.224 e. The molecular weight excluding hydrogens is 264 g/mol. The van der Waals surface area contributed by atoms with Gasteiger partial charge in [0.05, 0.1) is 13.5 Å². The third-order valence-corrected chi connectivity index (χ3v) is 4.90. The zero-order valence-corrected chi connectivity index (χ0v) is 13.6. The van der Waals surface area contributed by atoms with Crippen molar-refractivity contribution in [2.75, 3.05) is 7.11 Å². The first-order chi connectivity index (χ1) is 9.69. The zero-order chi connectivity index (χ0) is 15.8. The number of hydrogen-bond acceptors (Lipinski definition) is 3. The molecule has 116 valence electrons. The SMILES string of the molecule is COc1cccc(CC(=O)NC2C(C)(C)C(N)C2(C)C)c1. The highest BCUT2D eigenvalue weighted by molar-refractivity contribution is 5.79. The van der Waals surface area contributed by atoms with Crippen LogP contribution in [0.4, 0.5) is 0 Å². The van der Waals surface area contributed by atoms with Crippen molar-refractivity contribution in [1.29, 1.82) is 0 Å². The number of hydrogen-bond donors (Lipinski definition) is 2. The Hall–Kier alpha value is -1.55. The van der Waals surface area contributed by atoms with Crippen LogP contribution in [0.1, 0.15) is 33.3 Å². The maximum absolute atomic E-state index is 12.3. The van der Waals surface area contributed by atoms with Crippen molar-refractivity contribution in [3.63, 3.8) is 0 Å². The van der Waals surface area contributed by atoms with Gasteiger partial charge in [-0.3, -0.25) is 4.79 Å². The first-order valence-corrected chi connectivity index (χ1v) is 7.37. The highest BCUT2D eigenvalue weighted by Gasteiger charge is 2.60. The fourth-order valence-corrected chi connectivity index (χ4v) is 3.73. The lowest BCUT2D eigenvalue weighted by Gasteiger charge is -2.62. The number of nitrogens with one attached hydrogen (secondary N) is 1. The number of carbonyl (C=O) groups excluding carboxylic acids is 1. The quantitative estimate of drug-likeness (QED) is 0.892. The first-order valence-electron chi connectivity index (χ1n) is 7.37. The Labute approximate surface area is 127 Å². The normalized spacial score (nSPS) is 25.8. The minimum absolute atomic E-state index is 0.0290. The molecule has 0 saturated heterocycles. The molecule has 4 heteroatoms. The standard InChI is InChI=1S/C17H26N2O2/c1-16(2)14(18)17(3,4)15(16)19-13(20)10-11-7-6-8-12(9-11)21-5/h6-9,14-15H,10,18H2,1-5H3,(H,19,20). The van der Waals surface area contributed by atoms with E-state index in [0.717, 1.165) is 11.3 Å². The number of carbonyl (C=O) groups is 1. The monoisotopic (exact) mass is 290 g/mol. The summed E-state index contributed by atoms with van der Waals surface area (Å²) < 4.78 is 5.18. The van der Waals surface area contributed by atoms with Crippen LogP contribution >= 0.6 is 0 Å². The Bertz CT molecular complexity index is 521. The average Bonchev–Trinajstić information content (AvgIpc) is 2.43. The van der Waals surface area contributed by atoms with E-state index in [1.807, 2.05) is 24.3 Å². The Kier molecular flexibility index (Phi) is 4.02. The molecule has 1 aromatic rings. The van der Waals surface area contributed by atoms with Crippen LogP contribution in [0.2, 0.25) is 0 Å². The van der Waals surface area contributed by atoms with Gasteiger partial charge in [0.2, 0.25) is 5.91 Å². The Morgan fingerprint density at radius 1 is 1.29 bits per heavy atom. The molecule has 21 heavy (non-hydrogen) atoms. The number of ether oxygens (including phenoxy) is 1. The van der Waals surface area contributed by atoms with E-state index in [0.29, 0.717) is 6.42 Å². The Balaban J connectivity index is 2.02. The van der Waals surface area contributed by atoms with Gasteiger partial charge >= 0.3 is 0 Å². The molecule has 1 saturated carbocycles. The number of rotatable bonds is 4. The van der Waals surface area contributed by atoms with Crippen molar-refractivity contribution in [3.8, 4) is 5.75 Å². The molecule has 0 bridgehead atoms. The van der Waals surface area contributed by atoms with Gasteiger partial charge in [-0.2, -0.15) is 0 Å². The van der Waals surface area contributed by atoms with Gasteiger partial charge < -0.3 is 15.8 Å². The maximum atomic E-state index is 12.3. The van der Waals surface area contributed by atoms with Crippen LogP contribution in [-0.2, 0) is 11.2 Å². The summed E-state index contributed by atoms with van der Waals surface area (Å²) in [5.41, 5.74) is 7.02. The molecule has 4 nitrogen and oxygen atoms in total. The lowest BCUT2D eigenvalue weighted by molar-refractivity contribution is -0.131. The van der Waals surface area contributed by atoms with E-state index in [1.165, 1.54) is 0 Å². The average molecular weight is 290 g/mol. The lowest BCUT2D eigenvalue weighted by atomic mass is 9.48. The fourth-order valence-electron chi connectivity index (χ4n) is 3.73. The summed E-state index contributed by atoms with van der Waals surface area (Å²) in [6.07, 6.45) is 0.356. The van der Waals surface area contributed by atoms with Crippen molar-refractivity contribution in [1.82, 2.24) is 5.32 Å². The minimum atomic E-state index is -0.0759. The largest absolute Gasteiger partial charge is 0.497 e. The fraction of sp³-hybridized carbons (Fsp3) is 0.588. The zero-order valence-electron chi connectivity index (χ0n) is 13.6. The molecule has 3 N–H and O–H groups in total. The number of methoxy groups -OCH3 is 1. The van der Waals surface area contributed by atoms with Crippen molar-refractivity contribution in [3.05, 3.63) is 29.8 Å². The summed E-state index contributed by atoms with van der Waals surface area (Å²) in [4.78, 5) is 12.3. The summed E-state index contributed by atoms with van der Waals surface area (Å²) in [5.74, 6) is 0.799. The molecule has 0 aliphatic heterocycles. The summed E-state index contributed by atoms with van der Waals surface area (Å²) in [6.45, 7) is 8.44. The molecular formula is C17H26N2O2. The van der Waals surface area contributed by atoms with Crippen LogP contribution in [-0.4, -0.2) is 25.1 Å². The topological polar surface area (TPSA) is 64.3 Å². The van der Waals surface area contributed by atoms with Gasteiger partial charge in [-0.25, -0.2) is 0 Å². The molecule has 0 unspecified atom stereocenters. The van der Waals surface area contributed by atoms with Gasteiger partial charge in [-0.15, -0.1) is 0 Å². The third-order valence-electron chi connectivity index (χ3n) is 4.90. The minimum Gasteiger partial charge on any atom is -0.497 e. The summed E-state index contributed by atoms with van der Waals surface area (Å²) in [5, 5.41) is 3.15. The van der Waals surface area contributed by atoms with Crippen LogP contribution in [0.3, 0.4) is 0 Å². The van der Waals surface area contributed by atoms with E-state index in [-0.39, 0.29) is 28.8 Å². The predicted octanol–water partition coefficient (Wildman–Crippen LogP) is 2.12. The van der Waals surface area contributed by atoms with Gasteiger partial charge in [0, 0.05) is 22.9 Å². The highest BCUT2D eigenvalue weighted by Crippen LogP contribution is 2.52. The molecule has 0 aromatic heterocycles. The van der Waals surface area contributed by atoms with Crippen LogP contribution in [0.15, 0.2) is 24.3 Å². The highest BCUT2D eigenvalue weighted by atomic mass is 16.5. The summed E-state index contributed by atoms with van der Waals surface area (Å²) in [7, 11) is 1.62. The van der Waals surface area contributed by atoms with Gasteiger partial charge in [-0.1, -0.05) is 39.8 Å². The van der Waals surface area contributed by atoms with Crippen molar-refractivity contribution in [2.24, 2.45) is 16.6 Å². The van der Waals surface area contributed by atoms with Crippen LogP contribution in [0.25, 0.3) is 0 Å². The maximum Gasteiger partial charge on any atom is 0.224 e.